The summed E-state index contributed by atoms with van der Waals surface area (Å²) in [5.41, 5.74) is 0. The highest BCUT2D eigenvalue weighted by Gasteiger charge is 2.20. The molecule has 1 fully saturated rings. The van der Waals surface area contributed by atoms with Crippen molar-refractivity contribution in [3.05, 3.63) is 0 Å². The molecule has 1 aliphatic carbocycles. The van der Waals surface area contributed by atoms with Gasteiger partial charge in [0.1, 0.15) is 0 Å². The highest BCUT2D eigenvalue weighted by atomic mass is 16.5. The molecule has 0 heterocycles. The molecule has 1 N–H and O–H groups in total. The molecule has 0 saturated heterocycles. The molecule has 0 spiro atoms. The minimum absolute atomic E-state index is 0.284. The first-order chi connectivity index (χ1) is 5.33. The molecular weight excluding hydrogens is 142 g/mol. The van der Waals surface area contributed by atoms with Crippen LogP contribution in [-0.4, -0.2) is 19.2 Å². The van der Waals surface area contributed by atoms with Crippen molar-refractivity contribution in [3.8, 4) is 0 Å². The Kier molecular flexibility index (Phi) is 3.20. The van der Waals surface area contributed by atoms with E-state index >= 15 is 0 Å². The zero-order chi connectivity index (χ0) is 8.10. The summed E-state index contributed by atoms with van der Waals surface area (Å²) < 4.78 is 4.69. The Morgan fingerprint density at radius 3 is 2.91 bits per heavy atom. The van der Waals surface area contributed by atoms with Gasteiger partial charge in [-0.3, -0.25) is 0 Å². The minimum atomic E-state index is -0.284. The van der Waals surface area contributed by atoms with Crippen LogP contribution < -0.4 is 5.32 Å². The van der Waals surface area contributed by atoms with E-state index in [0.717, 1.165) is 18.9 Å². The van der Waals surface area contributed by atoms with Gasteiger partial charge in [-0.25, -0.2) is 4.79 Å². The SMILES string of the molecule is CCOC(=O)NCCC1CC1. The normalized spacial score (nSPS) is 16.1. The van der Waals surface area contributed by atoms with Gasteiger partial charge in [0, 0.05) is 6.54 Å². The maximum Gasteiger partial charge on any atom is 0.407 e. The van der Waals surface area contributed by atoms with Crippen molar-refractivity contribution in [1.82, 2.24) is 5.32 Å². The second kappa shape index (κ2) is 4.21. The van der Waals surface area contributed by atoms with E-state index < -0.39 is 0 Å². The molecule has 11 heavy (non-hydrogen) atoms. The van der Waals surface area contributed by atoms with Gasteiger partial charge in [0.25, 0.3) is 0 Å². The van der Waals surface area contributed by atoms with Crippen LogP contribution in [0.1, 0.15) is 26.2 Å². The summed E-state index contributed by atoms with van der Waals surface area (Å²) >= 11 is 0. The molecule has 0 aromatic carbocycles. The summed E-state index contributed by atoms with van der Waals surface area (Å²) in [6.07, 6.45) is 3.50. The lowest BCUT2D eigenvalue weighted by Gasteiger charge is -2.03. The number of hydrogen-bond acceptors (Lipinski definition) is 2. The minimum Gasteiger partial charge on any atom is -0.450 e. The number of hydrogen-bond donors (Lipinski definition) is 1. The van der Waals surface area contributed by atoms with Gasteiger partial charge in [-0.1, -0.05) is 12.8 Å². The largest absolute Gasteiger partial charge is 0.450 e. The smallest absolute Gasteiger partial charge is 0.407 e. The average Bonchev–Trinajstić information content (AvgIpc) is 2.72. The van der Waals surface area contributed by atoms with Crippen LogP contribution in [-0.2, 0) is 4.74 Å². The molecule has 0 atom stereocenters. The summed E-state index contributed by atoms with van der Waals surface area (Å²) in [7, 11) is 0. The molecule has 0 unspecified atom stereocenters. The van der Waals surface area contributed by atoms with Crippen molar-refractivity contribution in [2.45, 2.75) is 26.2 Å². The van der Waals surface area contributed by atoms with Gasteiger partial charge in [-0.2, -0.15) is 0 Å². The fourth-order valence-corrected chi connectivity index (χ4v) is 0.967. The molecule has 1 rings (SSSR count). The Hall–Kier alpha value is -0.730. The van der Waals surface area contributed by atoms with E-state index in [2.05, 4.69) is 5.32 Å². The number of ether oxygens (including phenoxy) is 1. The molecule has 3 heteroatoms. The van der Waals surface area contributed by atoms with Gasteiger partial charge in [0.15, 0.2) is 0 Å². The number of rotatable bonds is 4. The van der Waals surface area contributed by atoms with E-state index in [1.54, 1.807) is 6.92 Å². The number of carbonyl (C=O) groups is 1. The maximum atomic E-state index is 10.7. The van der Waals surface area contributed by atoms with E-state index in [9.17, 15) is 4.79 Å². The third-order valence-electron chi connectivity index (χ3n) is 1.79. The Bertz CT molecular complexity index is 132. The van der Waals surface area contributed by atoms with Crippen LogP contribution in [0.3, 0.4) is 0 Å². The highest BCUT2D eigenvalue weighted by Crippen LogP contribution is 2.31. The average molecular weight is 157 g/mol. The topological polar surface area (TPSA) is 38.3 Å². The molecule has 1 amide bonds. The summed E-state index contributed by atoms with van der Waals surface area (Å²) in [5.74, 6) is 0.872. The molecular formula is C8H15NO2. The number of alkyl carbamates (subject to hydrolysis) is 1. The van der Waals surface area contributed by atoms with Gasteiger partial charge in [-0.05, 0) is 19.3 Å². The number of nitrogens with one attached hydrogen (secondary N) is 1. The van der Waals surface area contributed by atoms with Gasteiger partial charge < -0.3 is 10.1 Å². The van der Waals surface area contributed by atoms with E-state index in [1.807, 2.05) is 0 Å². The third kappa shape index (κ3) is 3.86. The van der Waals surface area contributed by atoms with Crippen molar-refractivity contribution < 1.29 is 9.53 Å². The van der Waals surface area contributed by atoms with Gasteiger partial charge in [0.05, 0.1) is 6.61 Å². The predicted molar refractivity (Wildman–Crippen MR) is 42.4 cm³/mol. The van der Waals surface area contributed by atoms with Gasteiger partial charge >= 0.3 is 6.09 Å². The first kappa shape index (κ1) is 8.37. The van der Waals surface area contributed by atoms with Crippen LogP contribution >= 0.6 is 0 Å². The Labute approximate surface area is 67.1 Å². The van der Waals surface area contributed by atoms with Crippen LogP contribution in [0, 0.1) is 5.92 Å². The molecule has 1 aliphatic rings. The van der Waals surface area contributed by atoms with Crippen molar-refractivity contribution >= 4 is 6.09 Å². The third-order valence-corrected chi connectivity index (χ3v) is 1.79. The van der Waals surface area contributed by atoms with Crippen LogP contribution in [0.15, 0.2) is 0 Å². The van der Waals surface area contributed by atoms with Crippen molar-refractivity contribution in [2.24, 2.45) is 5.92 Å². The van der Waals surface area contributed by atoms with Gasteiger partial charge in [-0.15, -0.1) is 0 Å². The molecule has 0 aromatic heterocycles. The lowest BCUT2D eigenvalue weighted by Crippen LogP contribution is -2.25. The van der Waals surface area contributed by atoms with Crippen molar-refractivity contribution in [3.63, 3.8) is 0 Å². The Morgan fingerprint density at radius 1 is 1.64 bits per heavy atom. The van der Waals surface area contributed by atoms with E-state index in [-0.39, 0.29) is 6.09 Å². The van der Waals surface area contributed by atoms with E-state index in [1.165, 1.54) is 12.8 Å². The van der Waals surface area contributed by atoms with Crippen molar-refractivity contribution in [1.29, 1.82) is 0 Å². The lowest BCUT2D eigenvalue weighted by atomic mass is 10.3. The summed E-state index contributed by atoms with van der Waals surface area (Å²) in [4.78, 5) is 10.7. The summed E-state index contributed by atoms with van der Waals surface area (Å²) in [5, 5.41) is 2.69. The Balaban J connectivity index is 1.88. The lowest BCUT2D eigenvalue weighted by molar-refractivity contribution is 0.152. The summed E-state index contributed by atoms with van der Waals surface area (Å²) in [6.45, 7) is 3.03. The maximum absolute atomic E-state index is 10.7. The molecule has 3 nitrogen and oxygen atoms in total. The molecule has 0 aliphatic heterocycles. The van der Waals surface area contributed by atoms with E-state index in [0.29, 0.717) is 6.61 Å². The molecule has 0 bridgehead atoms. The highest BCUT2D eigenvalue weighted by molar-refractivity contribution is 5.66. The zero-order valence-corrected chi connectivity index (χ0v) is 6.93. The number of carbonyl (C=O) groups excluding carboxylic acids is 1. The predicted octanol–water partition coefficient (Wildman–Crippen LogP) is 1.53. The molecule has 0 radical (unpaired) electrons. The Morgan fingerprint density at radius 2 is 2.36 bits per heavy atom. The van der Waals surface area contributed by atoms with Gasteiger partial charge in [0.2, 0.25) is 0 Å². The van der Waals surface area contributed by atoms with Crippen LogP contribution in [0.25, 0.3) is 0 Å². The fraction of sp³-hybridized carbons (Fsp3) is 0.875. The molecule has 64 valence electrons. The first-order valence-corrected chi connectivity index (χ1v) is 4.23. The molecule has 1 saturated carbocycles. The van der Waals surface area contributed by atoms with Crippen LogP contribution in [0.5, 0.6) is 0 Å². The zero-order valence-electron chi connectivity index (χ0n) is 6.93. The second-order valence-electron chi connectivity index (χ2n) is 2.88. The summed E-state index contributed by atoms with van der Waals surface area (Å²) in [6, 6.07) is 0. The number of amides is 1. The monoisotopic (exact) mass is 157 g/mol. The van der Waals surface area contributed by atoms with Crippen LogP contribution in [0.4, 0.5) is 4.79 Å². The molecule has 0 aromatic rings. The second-order valence-corrected chi connectivity index (χ2v) is 2.88. The van der Waals surface area contributed by atoms with Crippen molar-refractivity contribution in [2.75, 3.05) is 13.2 Å². The van der Waals surface area contributed by atoms with Crippen LogP contribution in [0.2, 0.25) is 0 Å². The standard InChI is InChI=1S/C8H15NO2/c1-2-11-8(10)9-6-5-7-3-4-7/h7H,2-6H2,1H3,(H,9,10). The fourth-order valence-electron chi connectivity index (χ4n) is 0.967. The van der Waals surface area contributed by atoms with E-state index in [4.69, 9.17) is 4.74 Å². The first-order valence-electron chi connectivity index (χ1n) is 4.23. The quantitative estimate of drug-likeness (QED) is 0.672.